The minimum Gasteiger partial charge on any atom is -0.495 e. The number of amides is 2. The molecule has 1 saturated heterocycles. The Morgan fingerprint density at radius 3 is 2.24 bits per heavy atom. The van der Waals surface area contributed by atoms with Gasteiger partial charge in [0.25, 0.3) is 11.8 Å². The molecule has 2 heterocycles. The van der Waals surface area contributed by atoms with E-state index in [1.54, 1.807) is 19.2 Å². The smallest absolute Gasteiger partial charge is 0.265 e. The molecule has 194 valence electrons. The minimum absolute atomic E-state index is 0.178. The van der Waals surface area contributed by atoms with Crippen LogP contribution in [0.5, 0.6) is 5.75 Å². The predicted octanol–water partition coefficient (Wildman–Crippen LogP) is 5.27. The Kier molecular flexibility index (Phi) is 7.89. The van der Waals surface area contributed by atoms with Crippen molar-refractivity contribution < 1.29 is 14.3 Å². The maximum absolute atomic E-state index is 13.4. The van der Waals surface area contributed by atoms with E-state index in [-0.39, 0.29) is 11.8 Å². The number of anilines is 3. The summed E-state index contributed by atoms with van der Waals surface area (Å²) in [5.74, 6) is 0.491. The molecule has 5 rings (SSSR count). The third-order valence-electron chi connectivity index (χ3n) is 6.59. The molecule has 2 N–H and O–H groups in total. The zero-order valence-electron chi connectivity index (χ0n) is 21.2. The summed E-state index contributed by atoms with van der Waals surface area (Å²) in [6, 6.07) is 27.0. The van der Waals surface area contributed by atoms with Crippen LogP contribution in [0, 0.1) is 0 Å². The van der Waals surface area contributed by atoms with Gasteiger partial charge in [-0.15, -0.1) is 11.3 Å². The summed E-state index contributed by atoms with van der Waals surface area (Å²) in [7, 11) is 1.69. The molecule has 1 aliphatic rings. The van der Waals surface area contributed by atoms with E-state index in [1.807, 2.05) is 72.1 Å². The highest BCUT2D eigenvalue weighted by Gasteiger charge is 2.24. The second-order valence-corrected chi connectivity index (χ2v) is 9.93. The van der Waals surface area contributed by atoms with Crippen molar-refractivity contribution in [2.24, 2.45) is 0 Å². The maximum Gasteiger partial charge on any atom is 0.265 e. The third kappa shape index (κ3) is 5.81. The number of nitrogens with one attached hydrogen (secondary N) is 2. The Hall–Kier alpha value is -4.30. The Bertz CT molecular complexity index is 1380. The van der Waals surface area contributed by atoms with E-state index in [9.17, 15) is 9.59 Å². The lowest BCUT2D eigenvalue weighted by molar-refractivity contribution is 0.0950. The summed E-state index contributed by atoms with van der Waals surface area (Å²) in [6.07, 6.45) is 0. The van der Waals surface area contributed by atoms with E-state index in [0.29, 0.717) is 22.7 Å². The SMILES string of the molecule is COc1ccccc1N1CCN(c2ccc(NC(=O)c3cccs3)cc2C(=O)NCc2ccccc2)CC1. The first-order chi connectivity index (χ1) is 18.6. The van der Waals surface area contributed by atoms with E-state index in [4.69, 9.17) is 4.74 Å². The first-order valence-corrected chi connectivity index (χ1v) is 13.4. The second kappa shape index (κ2) is 11.8. The number of nitrogens with zero attached hydrogens (tertiary/aromatic N) is 2. The number of carbonyl (C=O) groups is 2. The van der Waals surface area contributed by atoms with Crippen LogP contribution in [-0.2, 0) is 6.54 Å². The molecule has 0 spiro atoms. The number of benzene rings is 3. The highest BCUT2D eigenvalue weighted by Crippen LogP contribution is 2.31. The summed E-state index contributed by atoms with van der Waals surface area (Å²) >= 11 is 1.38. The van der Waals surface area contributed by atoms with Gasteiger partial charge in [-0.05, 0) is 47.3 Å². The van der Waals surface area contributed by atoms with Crippen molar-refractivity contribution in [3.63, 3.8) is 0 Å². The molecule has 0 radical (unpaired) electrons. The van der Waals surface area contributed by atoms with Gasteiger partial charge in [-0.2, -0.15) is 0 Å². The van der Waals surface area contributed by atoms with Crippen LogP contribution >= 0.6 is 11.3 Å². The Labute approximate surface area is 226 Å². The number of rotatable bonds is 8. The number of piperazine rings is 1. The summed E-state index contributed by atoms with van der Waals surface area (Å²) in [5.41, 5.74) is 4.07. The van der Waals surface area contributed by atoms with E-state index in [2.05, 4.69) is 26.5 Å². The lowest BCUT2D eigenvalue weighted by Crippen LogP contribution is -2.47. The largest absolute Gasteiger partial charge is 0.495 e. The summed E-state index contributed by atoms with van der Waals surface area (Å²) in [5, 5.41) is 7.85. The first kappa shape index (κ1) is 25.4. The van der Waals surface area contributed by atoms with Crippen LogP contribution in [0.2, 0.25) is 0 Å². The summed E-state index contributed by atoms with van der Waals surface area (Å²) in [6.45, 7) is 3.51. The molecule has 1 aromatic heterocycles. The van der Waals surface area contributed by atoms with Gasteiger partial charge in [-0.25, -0.2) is 0 Å². The molecule has 2 amide bonds. The molecule has 0 saturated carbocycles. The molecule has 7 nitrogen and oxygen atoms in total. The number of para-hydroxylation sites is 2. The molecule has 3 aromatic carbocycles. The van der Waals surface area contributed by atoms with E-state index >= 15 is 0 Å². The third-order valence-corrected chi connectivity index (χ3v) is 7.45. The van der Waals surface area contributed by atoms with E-state index < -0.39 is 0 Å². The normalized spacial score (nSPS) is 13.2. The van der Waals surface area contributed by atoms with Gasteiger partial charge < -0.3 is 25.2 Å². The van der Waals surface area contributed by atoms with Crippen molar-refractivity contribution in [3.05, 3.63) is 106 Å². The minimum atomic E-state index is -0.186. The summed E-state index contributed by atoms with van der Waals surface area (Å²) in [4.78, 5) is 31.2. The molecule has 1 aliphatic heterocycles. The van der Waals surface area contributed by atoms with Gasteiger partial charge in [0.2, 0.25) is 0 Å². The number of ether oxygens (including phenoxy) is 1. The average molecular weight is 527 g/mol. The van der Waals surface area contributed by atoms with Gasteiger partial charge in [0.05, 0.1) is 23.2 Å². The molecular weight excluding hydrogens is 496 g/mol. The molecule has 8 heteroatoms. The number of hydrogen-bond donors (Lipinski definition) is 2. The molecule has 0 atom stereocenters. The highest BCUT2D eigenvalue weighted by molar-refractivity contribution is 7.12. The van der Waals surface area contributed by atoms with Crippen LogP contribution in [0.3, 0.4) is 0 Å². The number of thiophene rings is 1. The van der Waals surface area contributed by atoms with Crippen LogP contribution in [0.1, 0.15) is 25.6 Å². The van der Waals surface area contributed by atoms with Gasteiger partial charge in [0, 0.05) is 44.1 Å². The Morgan fingerprint density at radius 1 is 0.816 bits per heavy atom. The molecule has 0 aliphatic carbocycles. The van der Waals surface area contributed by atoms with Crippen molar-refractivity contribution in [2.75, 3.05) is 48.4 Å². The van der Waals surface area contributed by atoms with Gasteiger partial charge in [0.15, 0.2) is 0 Å². The zero-order valence-corrected chi connectivity index (χ0v) is 22.0. The van der Waals surface area contributed by atoms with E-state index in [1.165, 1.54) is 11.3 Å². The van der Waals surface area contributed by atoms with Crippen molar-refractivity contribution >= 4 is 40.2 Å². The maximum atomic E-state index is 13.4. The van der Waals surface area contributed by atoms with E-state index in [0.717, 1.165) is 48.9 Å². The number of hydrogen-bond acceptors (Lipinski definition) is 6. The first-order valence-electron chi connectivity index (χ1n) is 12.6. The van der Waals surface area contributed by atoms with Crippen molar-refractivity contribution in [2.45, 2.75) is 6.54 Å². The van der Waals surface area contributed by atoms with Crippen LogP contribution in [-0.4, -0.2) is 45.1 Å². The molecule has 4 aromatic rings. The van der Waals surface area contributed by atoms with Crippen LogP contribution in [0.15, 0.2) is 90.3 Å². The lowest BCUT2D eigenvalue weighted by atomic mass is 10.1. The fourth-order valence-corrected chi connectivity index (χ4v) is 5.24. The van der Waals surface area contributed by atoms with Gasteiger partial charge in [-0.1, -0.05) is 48.5 Å². The van der Waals surface area contributed by atoms with Crippen molar-refractivity contribution in [1.29, 1.82) is 0 Å². The zero-order chi connectivity index (χ0) is 26.3. The Morgan fingerprint density at radius 2 is 1.53 bits per heavy atom. The fraction of sp³-hybridized carbons (Fsp3) is 0.200. The monoisotopic (exact) mass is 526 g/mol. The van der Waals surface area contributed by atoms with Crippen LogP contribution < -0.4 is 25.2 Å². The molecule has 0 bridgehead atoms. The second-order valence-electron chi connectivity index (χ2n) is 8.98. The molecule has 0 unspecified atom stereocenters. The Balaban J connectivity index is 1.36. The summed E-state index contributed by atoms with van der Waals surface area (Å²) < 4.78 is 5.55. The molecule has 38 heavy (non-hydrogen) atoms. The average Bonchev–Trinajstić information content (AvgIpc) is 3.52. The highest BCUT2D eigenvalue weighted by atomic mass is 32.1. The van der Waals surface area contributed by atoms with Crippen molar-refractivity contribution in [3.8, 4) is 5.75 Å². The topological polar surface area (TPSA) is 73.9 Å². The van der Waals surface area contributed by atoms with Crippen molar-refractivity contribution in [1.82, 2.24) is 5.32 Å². The predicted molar refractivity (Wildman–Crippen MR) is 154 cm³/mol. The fourth-order valence-electron chi connectivity index (χ4n) is 4.62. The van der Waals surface area contributed by atoms with Gasteiger partial charge in [-0.3, -0.25) is 9.59 Å². The molecule has 1 fully saturated rings. The standard InChI is InChI=1S/C30H30N4O3S/c1-37-27-11-6-5-10-26(27)34-17-15-33(16-18-34)25-14-13-23(32-30(36)28-12-7-19-38-28)20-24(25)29(35)31-21-22-8-3-2-4-9-22/h2-14,19-20H,15-18,21H2,1H3,(H,31,35)(H,32,36). The van der Waals surface area contributed by atoms with Crippen LogP contribution in [0.25, 0.3) is 0 Å². The van der Waals surface area contributed by atoms with Gasteiger partial charge in [0.1, 0.15) is 5.75 Å². The van der Waals surface area contributed by atoms with Gasteiger partial charge >= 0.3 is 0 Å². The quantitative estimate of drug-likeness (QED) is 0.327. The van der Waals surface area contributed by atoms with Crippen LogP contribution in [0.4, 0.5) is 17.1 Å². The molecular formula is C30H30N4O3S. The lowest BCUT2D eigenvalue weighted by Gasteiger charge is -2.38. The number of carbonyl (C=O) groups excluding carboxylic acids is 2. The number of methoxy groups -OCH3 is 1.